The Morgan fingerprint density at radius 1 is 0.361 bits per heavy atom. The van der Waals surface area contributed by atoms with E-state index in [1.54, 1.807) is 0 Å². The van der Waals surface area contributed by atoms with Gasteiger partial charge >= 0.3 is 0 Å². The molecule has 0 radical (unpaired) electrons. The Hall–Kier alpha value is 0.840. The molecule has 0 aliphatic heterocycles. The molecule has 36 heavy (non-hydrogen) atoms. The van der Waals surface area contributed by atoms with Gasteiger partial charge in [0, 0.05) is 0 Å². The number of quaternary nitrogens is 2. The summed E-state index contributed by atoms with van der Waals surface area (Å²) in [5.41, 5.74) is 0. The Morgan fingerprint density at radius 2 is 0.639 bits per heavy atom. The fraction of sp³-hybridized carbons (Fsp3) is 1.00. The summed E-state index contributed by atoms with van der Waals surface area (Å²) in [5, 5.41) is 9.48. The van der Waals surface area contributed by atoms with Gasteiger partial charge in [-0.05, 0) is 32.1 Å². The summed E-state index contributed by atoms with van der Waals surface area (Å²) in [4.78, 5) is 0. The van der Waals surface area contributed by atoms with Crippen molar-refractivity contribution in [1.29, 1.82) is 0 Å². The minimum absolute atomic E-state index is 0. The molecule has 0 aromatic rings. The SMILES string of the molecule is CCCCCCCCCCCC[N+](C)(C)CCC.CCCCCCCCCCCC[N+](C)(C)O.[Br-].[Br-]. The van der Waals surface area contributed by atoms with Crippen LogP contribution in [-0.4, -0.2) is 62.2 Å². The first-order valence-electron chi connectivity index (χ1n) is 15.6. The van der Waals surface area contributed by atoms with Gasteiger partial charge < -0.3 is 38.4 Å². The lowest BCUT2D eigenvalue weighted by molar-refractivity contribution is -1.07. The molecule has 0 amide bonds. The van der Waals surface area contributed by atoms with E-state index in [4.69, 9.17) is 0 Å². The molecule has 1 N–H and O–H groups in total. The van der Waals surface area contributed by atoms with Gasteiger partial charge in [0.25, 0.3) is 0 Å². The summed E-state index contributed by atoms with van der Waals surface area (Å²) in [6.45, 7) is 10.4. The van der Waals surface area contributed by atoms with Crippen molar-refractivity contribution in [2.24, 2.45) is 0 Å². The van der Waals surface area contributed by atoms with Gasteiger partial charge in [0.15, 0.2) is 0 Å². The second-order valence-electron chi connectivity index (χ2n) is 12.1. The Labute approximate surface area is 250 Å². The molecule has 0 rings (SSSR count). The molecule has 0 aliphatic rings. The maximum Gasteiger partial charge on any atom is 0.108 e. The summed E-state index contributed by atoms with van der Waals surface area (Å²) >= 11 is 0. The van der Waals surface area contributed by atoms with Crippen LogP contribution in [0.2, 0.25) is 0 Å². The molecular weight excluding hydrogens is 576 g/mol. The van der Waals surface area contributed by atoms with Gasteiger partial charge in [-0.3, -0.25) is 0 Å². The van der Waals surface area contributed by atoms with Crippen LogP contribution in [-0.2, 0) is 0 Å². The number of nitrogens with zero attached hydrogens (tertiary/aromatic N) is 2. The highest BCUT2D eigenvalue weighted by molar-refractivity contribution is 4.48. The van der Waals surface area contributed by atoms with Gasteiger partial charge in [0.1, 0.15) is 6.54 Å². The summed E-state index contributed by atoms with van der Waals surface area (Å²) in [7, 11) is 8.43. The molecule has 0 spiro atoms. The number of unbranched alkanes of at least 4 members (excludes halogenated alkanes) is 18. The van der Waals surface area contributed by atoms with Crippen molar-refractivity contribution in [2.45, 2.75) is 156 Å². The van der Waals surface area contributed by atoms with Crippen LogP contribution in [0, 0.1) is 0 Å². The molecule has 0 aliphatic carbocycles. The third kappa shape index (κ3) is 41.9. The first kappa shape index (κ1) is 43.9. The average molecular weight is 647 g/mol. The molecule has 3 nitrogen and oxygen atoms in total. The van der Waals surface area contributed by atoms with Crippen LogP contribution in [0.3, 0.4) is 0 Å². The lowest BCUT2D eigenvalue weighted by Crippen LogP contribution is -3.00. The second kappa shape index (κ2) is 32.1. The number of hydrogen-bond donors (Lipinski definition) is 1. The molecule has 224 valence electrons. The minimum Gasteiger partial charge on any atom is -1.00 e. The highest BCUT2D eigenvalue weighted by atomic mass is 79.9. The number of rotatable bonds is 24. The van der Waals surface area contributed by atoms with Crippen LogP contribution < -0.4 is 34.0 Å². The van der Waals surface area contributed by atoms with E-state index in [-0.39, 0.29) is 38.6 Å². The molecule has 0 atom stereocenters. The van der Waals surface area contributed by atoms with Crippen LogP contribution in [0.5, 0.6) is 0 Å². The van der Waals surface area contributed by atoms with Crippen molar-refractivity contribution in [2.75, 3.05) is 47.8 Å². The molecule has 0 saturated carbocycles. The van der Waals surface area contributed by atoms with Crippen molar-refractivity contribution >= 4 is 0 Å². The van der Waals surface area contributed by atoms with E-state index in [0.29, 0.717) is 0 Å². The summed E-state index contributed by atoms with van der Waals surface area (Å²) < 4.78 is 1.34. The summed E-state index contributed by atoms with van der Waals surface area (Å²) in [6, 6.07) is 0. The molecule has 5 heteroatoms. The van der Waals surface area contributed by atoms with Gasteiger partial charge in [-0.1, -0.05) is 124 Å². The lowest BCUT2D eigenvalue weighted by Gasteiger charge is -2.29. The van der Waals surface area contributed by atoms with Gasteiger partial charge in [-0.15, -0.1) is 0 Å². The zero-order chi connectivity index (χ0) is 26.0. The van der Waals surface area contributed by atoms with Crippen LogP contribution >= 0.6 is 0 Å². The minimum atomic E-state index is 0. The third-order valence-corrected chi connectivity index (χ3v) is 7.00. The first-order valence-corrected chi connectivity index (χ1v) is 15.6. The Bertz CT molecular complexity index is 387. The summed E-state index contributed by atoms with van der Waals surface area (Å²) in [5.74, 6) is 0. The Balaban J connectivity index is -0.000000271. The summed E-state index contributed by atoms with van der Waals surface area (Å²) in [6.07, 6.45) is 29.3. The van der Waals surface area contributed by atoms with Gasteiger partial charge in [-0.2, -0.15) is 4.65 Å². The molecular formula is C31H70Br2N2O. The predicted octanol–water partition coefficient (Wildman–Crippen LogP) is 3.77. The van der Waals surface area contributed by atoms with E-state index in [9.17, 15) is 5.21 Å². The first-order chi connectivity index (χ1) is 16.2. The molecule has 0 bridgehead atoms. The van der Waals surface area contributed by atoms with Crippen LogP contribution in [0.1, 0.15) is 156 Å². The van der Waals surface area contributed by atoms with Crippen molar-refractivity contribution < 1.29 is 48.3 Å². The topological polar surface area (TPSA) is 20.2 Å². The Morgan fingerprint density at radius 3 is 0.917 bits per heavy atom. The van der Waals surface area contributed by atoms with Crippen molar-refractivity contribution in [3.05, 3.63) is 0 Å². The van der Waals surface area contributed by atoms with Crippen molar-refractivity contribution in [1.82, 2.24) is 0 Å². The standard InChI is InChI=1S/C17H38N.C14H32NO.2BrH/c1-5-7-8-9-10-11-12-13-14-15-17-18(3,4)16-6-2;1-4-5-6-7-8-9-10-11-12-13-14-15(2,3)16;;/h5-17H2,1-4H3;16H,4-14H2,1-3H3;2*1H/q2*+1;;/p-2. The number of hydrogen-bond acceptors (Lipinski definition) is 1. The van der Waals surface area contributed by atoms with E-state index in [0.717, 1.165) is 13.0 Å². The zero-order valence-corrected chi connectivity index (χ0v) is 29.2. The normalized spacial score (nSPS) is 11.3. The van der Waals surface area contributed by atoms with E-state index >= 15 is 0 Å². The molecule has 0 heterocycles. The van der Waals surface area contributed by atoms with E-state index < -0.39 is 0 Å². The smallest absolute Gasteiger partial charge is 0.108 e. The average Bonchev–Trinajstić information content (AvgIpc) is 2.76. The molecule has 0 aromatic carbocycles. The van der Waals surface area contributed by atoms with Gasteiger partial charge in [0.05, 0.1) is 41.3 Å². The quantitative estimate of drug-likeness (QED) is 0.0963. The number of halogens is 2. The molecule has 0 aromatic heterocycles. The fourth-order valence-electron chi connectivity index (χ4n) is 4.73. The van der Waals surface area contributed by atoms with E-state index in [1.807, 2.05) is 14.1 Å². The third-order valence-electron chi connectivity index (χ3n) is 7.00. The lowest BCUT2D eigenvalue weighted by atomic mass is 10.1. The van der Waals surface area contributed by atoms with Crippen LogP contribution in [0.25, 0.3) is 0 Å². The fourth-order valence-corrected chi connectivity index (χ4v) is 4.73. The van der Waals surface area contributed by atoms with Crippen molar-refractivity contribution in [3.8, 4) is 0 Å². The highest BCUT2D eigenvalue weighted by Crippen LogP contribution is 2.12. The largest absolute Gasteiger partial charge is 1.00 e. The predicted molar refractivity (Wildman–Crippen MR) is 155 cm³/mol. The maximum atomic E-state index is 9.48. The molecule has 0 unspecified atom stereocenters. The number of hydroxylamine groups is 3. The van der Waals surface area contributed by atoms with Crippen molar-refractivity contribution in [3.63, 3.8) is 0 Å². The van der Waals surface area contributed by atoms with Crippen LogP contribution in [0.15, 0.2) is 0 Å². The zero-order valence-electron chi connectivity index (χ0n) is 26.1. The van der Waals surface area contributed by atoms with Gasteiger partial charge in [0.2, 0.25) is 0 Å². The Kier molecular flexibility index (Phi) is 39.1. The van der Waals surface area contributed by atoms with E-state index in [2.05, 4.69) is 34.9 Å². The highest BCUT2D eigenvalue weighted by Gasteiger charge is 2.12. The van der Waals surface area contributed by atoms with Crippen LogP contribution in [0.4, 0.5) is 0 Å². The molecule has 0 saturated heterocycles. The second-order valence-corrected chi connectivity index (χ2v) is 12.1. The maximum absolute atomic E-state index is 9.48. The van der Waals surface area contributed by atoms with Gasteiger partial charge in [-0.25, -0.2) is 5.21 Å². The van der Waals surface area contributed by atoms with E-state index in [1.165, 1.54) is 146 Å². The molecule has 0 fully saturated rings. The monoisotopic (exact) mass is 644 g/mol.